The molecule has 0 amide bonds. The largest absolute Gasteiger partial charge is 0.481 e. The van der Waals surface area contributed by atoms with Crippen LogP contribution in [0.1, 0.15) is 5.76 Å². The minimum Gasteiger partial charge on any atom is -0.481 e. The fraction of sp³-hybridized carbons (Fsp3) is 0.188. The summed E-state index contributed by atoms with van der Waals surface area (Å²) in [6, 6.07) is 13.5. The highest BCUT2D eigenvalue weighted by Crippen LogP contribution is 2.22. The lowest BCUT2D eigenvalue weighted by Gasteiger charge is -2.16. The lowest BCUT2D eigenvalue weighted by molar-refractivity contribution is 0.384. The Morgan fingerprint density at radius 2 is 1.96 bits per heavy atom. The molecule has 7 heteroatoms. The molecule has 3 rings (SSSR count). The predicted octanol–water partition coefficient (Wildman–Crippen LogP) is 2.36. The minimum absolute atomic E-state index is 0.161. The lowest BCUT2D eigenvalue weighted by Crippen LogP contribution is -2.18. The third kappa shape index (κ3) is 3.39. The smallest absolute Gasteiger partial charge is 0.225 e. The van der Waals surface area contributed by atoms with Crippen LogP contribution in [0.25, 0.3) is 11.3 Å². The Kier molecular flexibility index (Phi) is 4.09. The Morgan fingerprint density at radius 3 is 2.70 bits per heavy atom. The quantitative estimate of drug-likeness (QED) is 0.773. The molecule has 0 fully saturated rings. The Bertz CT molecular complexity index is 788. The summed E-state index contributed by atoms with van der Waals surface area (Å²) in [6.07, 6.45) is 0. The van der Waals surface area contributed by atoms with E-state index in [-0.39, 0.29) is 5.95 Å². The van der Waals surface area contributed by atoms with E-state index in [1.165, 1.54) is 7.11 Å². The second kappa shape index (κ2) is 6.35. The van der Waals surface area contributed by atoms with Gasteiger partial charge in [0.1, 0.15) is 11.5 Å². The normalized spacial score (nSPS) is 10.5. The maximum atomic E-state index is 5.68. The molecule has 2 N–H and O–H groups in total. The summed E-state index contributed by atoms with van der Waals surface area (Å²) >= 11 is 0. The van der Waals surface area contributed by atoms with Crippen LogP contribution in [-0.2, 0) is 6.54 Å². The van der Waals surface area contributed by atoms with Crippen LogP contribution < -0.4 is 15.4 Å². The maximum Gasteiger partial charge on any atom is 0.225 e. The first kappa shape index (κ1) is 14.8. The SMILES string of the molecule is COc1cc(N(C)Cc2cc(-c3ccccc3)no2)nc(N)n1. The van der Waals surface area contributed by atoms with Crippen LogP contribution in [0.5, 0.6) is 5.88 Å². The van der Waals surface area contributed by atoms with Crippen molar-refractivity contribution in [3.8, 4) is 17.1 Å². The zero-order valence-electron chi connectivity index (χ0n) is 12.9. The van der Waals surface area contributed by atoms with E-state index in [9.17, 15) is 0 Å². The number of nitrogens with zero attached hydrogens (tertiary/aromatic N) is 4. The molecule has 0 radical (unpaired) electrons. The van der Waals surface area contributed by atoms with E-state index < -0.39 is 0 Å². The van der Waals surface area contributed by atoms with Crippen LogP contribution in [0.15, 0.2) is 47.0 Å². The summed E-state index contributed by atoms with van der Waals surface area (Å²) in [7, 11) is 3.42. The fourth-order valence-electron chi connectivity index (χ4n) is 2.18. The molecule has 0 atom stereocenters. The van der Waals surface area contributed by atoms with Crippen LogP contribution in [0.4, 0.5) is 11.8 Å². The molecule has 0 unspecified atom stereocenters. The predicted molar refractivity (Wildman–Crippen MR) is 87.0 cm³/mol. The van der Waals surface area contributed by atoms with E-state index >= 15 is 0 Å². The molecule has 0 spiro atoms. The van der Waals surface area contributed by atoms with E-state index in [0.29, 0.717) is 18.2 Å². The molecule has 0 aliphatic rings. The highest BCUT2D eigenvalue weighted by molar-refractivity contribution is 5.58. The maximum absolute atomic E-state index is 5.68. The van der Waals surface area contributed by atoms with Gasteiger partial charge < -0.3 is 19.9 Å². The van der Waals surface area contributed by atoms with Crippen molar-refractivity contribution in [3.05, 3.63) is 48.2 Å². The molecule has 1 aromatic carbocycles. The molecule has 0 saturated carbocycles. The van der Waals surface area contributed by atoms with Gasteiger partial charge >= 0.3 is 0 Å². The molecule has 2 heterocycles. The first-order valence-electron chi connectivity index (χ1n) is 7.06. The molecule has 0 bridgehead atoms. The molecule has 2 aromatic heterocycles. The number of anilines is 2. The summed E-state index contributed by atoms with van der Waals surface area (Å²) in [5.74, 6) is 1.95. The standard InChI is InChI=1S/C16H17N5O2/c1-21(14-9-15(22-2)19-16(17)18-14)10-12-8-13(20-23-12)11-6-4-3-5-7-11/h3-9H,10H2,1-2H3,(H2,17,18,19). The van der Waals surface area contributed by atoms with Crippen LogP contribution in [0.3, 0.4) is 0 Å². The van der Waals surface area contributed by atoms with Gasteiger partial charge in [0.05, 0.1) is 13.7 Å². The highest BCUT2D eigenvalue weighted by atomic mass is 16.5. The van der Waals surface area contributed by atoms with Gasteiger partial charge in [-0.1, -0.05) is 35.5 Å². The number of nitrogen functional groups attached to an aromatic ring is 1. The number of rotatable bonds is 5. The van der Waals surface area contributed by atoms with Crippen molar-refractivity contribution in [2.24, 2.45) is 0 Å². The molecule has 0 aliphatic heterocycles. The second-order valence-electron chi connectivity index (χ2n) is 5.03. The lowest BCUT2D eigenvalue weighted by atomic mass is 10.1. The van der Waals surface area contributed by atoms with Gasteiger partial charge in [0.15, 0.2) is 5.76 Å². The number of nitrogens with two attached hydrogens (primary N) is 1. The van der Waals surface area contributed by atoms with E-state index in [2.05, 4.69) is 15.1 Å². The summed E-state index contributed by atoms with van der Waals surface area (Å²) < 4.78 is 10.5. The van der Waals surface area contributed by atoms with E-state index in [1.54, 1.807) is 6.07 Å². The first-order chi connectivity index (χ1) is 11.2. The van der Waals surface area contributed by atoms with Gasteiger partial charge in [0.2, 0.25) is 11.8 Å². The van der Waals surface area contributed by atoms with Crippen molar-refractivity contribution in [2.75, 3.05) is 24.8 Å². The summed E-state index contributed by atoms with van der Waals surface area (Å²) in [4.78, 5) is 10.0. The third-order valence-corrected chi connectivity index (χ3v) is 3.33. The Hall–Kier alpha value is -3.09. The van der Waals surface area contributed by atoms with Gasteiger partial charge in [-0.15, -0.1) is 0 Å². The Morgan fingerprint density at radius 1 is 1.17 bits per heavy atom. The Labute approximate surface area is 133 Å². The van der Waals surface area contributed by atoms with Gasteiger partial charge in [-0.25, -0.2) is 0 Å². The molecular formula is C16H17N5O2. The van der Waals surface area contributed by atoms with Crippen molar-refractivity contribution >= 4 is 11.8 Å². The zero-order valence-corrected chi connectivity index (χ0v) is 12.9. The zero-order chi connectivity index (χ0) is 16.2. The number of ether oxygens (including phenoxy) is 1. The van der Waals surface area contributed by atoms with E-state index in [0.717, 1.165) is 17.0 Å². The molecule has 0 saturated heterocycles. The van der Waals surface area contributed by atoms with E-state index in [1.807, 2.05) is 48.3 Å². The fourth-order valence-corrected chi connectivity index (χ4v) is 2.18. The monoisotopic (exact) mass is 311 g/mol. The average Bonchev–Trinajstić information content (AvgIpc) is 3.03. The molecule has 118 valence electrons. The number of aromatic nitrogens is 3. The summed E-state index contributed by atoms with van der Waals surface area (Å²) in [6.45, 7) is 0.499. The topological polar surface area (TPSA) is 90.3 Å². The van der Waals surface area contributed by atoms with Crippen LogP contribution in [-0.4, -0.2) is 29.3 Å². The van der Waals surface area contributed by atoms with Gasteiger partial charge in [-0.05, 0) is 0 Å². The highest BCUT2D eigenvalue weighted by Gasteiger charge is 2.12. The van der Waals surface area contributed by atoms with Crippen molar-refractivity contribution in [1.82, 2.24) is 15.1 Å². The molecule has 3 aromatic rings. The van der Waals surface area contributed by atoms with Crippen molar-refractivity contribution in [1.29, 1.82) is 0 Å². The van der Waals surface area contributed by atoms with E-state index in [4.69, 9.17) is 15.0 Å². The molecule has 0 aliphatic carbocycles. The minimum atomic E-state index is 0.161. The molecule has 7 nitrogen and oxygen atoms in total. The van der Waals surface area contributed by atoms with Crippen molar-refractivity contribution in [2.45, 2.75) is 6.54 Å². The Balaban J connectivity index is 1.77. The van der Waals surface area contributed by atoms with Crippen molar-refractivity contribution < 1.29 is 9.26 Å². The summed E-state index contributed by atoms with van der Waals surface area (Å²) in [5.41, 5.74) is 7.49. The first-order valence-corrected chi connectivity index (χ1v) is 7.06. The second-order valence-corrected chi connectivity index (χ2v) is 5.03. The number of benzene rings is 1. The third-order valence-electron chi connectivity index (χ3n) is 3.33. The van der Waals surface area contributed by atoms with Crippen molar-refractivity contribution in [3.63, 3.8) is 0 Å². The van der Waals surface area contributed by atoms with Crippen LogP contribution in [0, 0.1) is 0 Å². The van der Waals surface area contributed by atoms with Gasteiger partial charge in [0, 0.05) is 24.7 Å². The summed E-state index contributed by atoms with van der Waals surface area (Å²) in [5, 5.41) is 4.10. The van der Waals surface area contributed by atoms with Gasteiger partial charge in [-0.3, -0.25) is 0 Å². The number of methoxy groups -OCH3 is 1. The van der Waals surface area contributed by atoms with Gasteiger partial charge in [-0.2, -0.15) is 9.97 Å². The van der Waals surface area contributed by atoms with Gasteiger partial charge in [0.25, 0.3) is 0 Å². The van der Waals surface area contributed by atoms with Crippen LogP contribution >= 0.6 is 0 Å². The molecule has 23 heavy (non-hydrogen) atoms. The number of hydrogen-bond acceptors (Lipinski definition) is 7. The van der Waals surface area contributed by atoms with Crippen LogP contribution in [0.2, 0.25) is 0 Å². The molecular weight excluding hydrogens is 294 g/mol. The number of hydrogen-bond donors (Lipinski definition) is 1. The average molecular weight is 311 g/mol.